The molecule has 2 rings (SSSR count). The number of benzene rings is 1. The fourth-order valence-corrected chi connectivity index (χ4v) is 2.45. The smallest absolute Gasteiger partial charge is 0.343 e. The molecule has 0 unspecified atom stereocenters. The Hall–Kier alpha value is -1.69. The van der Waals surface area contributed by atoms with E-state index in [4.69, 9.17) is 5.73 Å². The maximum atomic E-state index is 11.2. The molecular weight excluding hydrogens is 236 g/mol. The first-order chi connectivity index (χ1) is 8.09. The van der Waals surface area contributed by atoms with Crippen LogP contribution in [0, 0.1) is 6.92 Å². The zero-order chi connectivity index (χ0) is 12.4. The van der Waals surface area contributed by atoms with Crippen molar-refractivity contribution in [3.8, 4) is 0 Å². The molecule has 0 saturated heterocycles. The van der Waals surface area contributed by atoms with Crippen molar-refractivity contribution in [1.29, 1.82) is 0 Å². The van der Waals surface area contributed by atoms with Crippen LogP contribution >= 0.6 is 11.8 Å². The van der Waals surface area contributed by atoms with Crippen molar-refractivity contribution in [3.05, 3.63) is 39.8 Å². The first-order valence-electron chi connectivity index (χ1n) is 5.17. The van der Waals surface area contributed by atoms with Gasteiger partial charge in [0, 0.05) is 18.5 Å². The lowest BCUT2D eigenvalue weighted by molar-refractivity contribution is 0.765. The van der Waals surface area contributed by atoms with Gasteiger partial charge in [-0.05, 0) is 24.1 Å². The van der Waals surface area contributed by atoms with Gasteiger partial charge in [0.2, 0.25) is 0 Å². The fourth-order valence-electron chi connectivity index (χ4n) is 1.46. The van der Waals surface area contributed by atoms with Crippen LogP contribution in [-0.2, 0) is 12.8 Å². The van der Waals surface area contributed by atoms with E-state index in [1.165, 1.54) is 16.3 Å². The number of H-pyrrole nitrogens is 1. The Morgan fingerprint density at radius 2 is 2.29 bits per heavy atom. The van der Waals surface area contributed by atoms with E-state index in [0.717, 1.165) is 22.6 Å². The Labute approximate surface area is 103 Å². The Bertz CT molecular complexity index is 587. The summed E-state index contributed by atoms with van der Waals surface area (Å²) in [4.78, 5) is 11.2. The molecule has 0 bridgehead atoms. The maximum Gasteiger partial charge on any atom is 0.343 e. The van der Waals surface area contributed by atoms with Crippen molar-refractivity contribution in [2.24, 2.45) is 7.05 Å². The molecule has 5 nitrogen and oxygen atoms in total. The third-order valence-electron chi connectivity index (χ3n) is 2.68. The third-order valence-corrected chi connectivity index (χ3v) is 3.76. The molecule has 0 atom stereocenters. The molecule has 0 amide bonds. The highest BCUT2D eigenvalue weighted by Crippen LogP contribution is 2.23. The number of hydrogen-bond donors (Lipinski definition) is 2. The number of anilines is 1. The second kappa shape index (κ2) is 4.67. The van der Waals surface area contributed by atoms with Crippen molar-refractivity contribution in [2.75, 3.05) is 5.73 Å². The van der Waals surface area contributed by atoms with Gasteiger partial charge in [-0.2, -0.15) is 0 Å². The van der Waals surface area contributed by atoms with Crippen LogP contribution in [0.25, 0.3) is 0 Å². The van der Waals surface area contributed by atoms with Gasteiger partial charge in [0.1, 0.15) is 0 Å². The van der Waals surface area contributed by atoms with Gasteiger partial charge in [0.25, 0.3) is 0 Å². The molecular formula is C11H14N4OS. The largest absolute Gasteiger partial charge is 0.399 e. The number of rotatable bonds is 3. The third kappa shape index (κ3) is 2.36. The summed E-state index contributed by atoms with van der Waals surface area (Å²) in [6.45, 7) is 1.99. The number of hydrogen-bond acceptors (Lipinski definition) is 4. The maximum absolute atomic E-state index is 11.2. The van der Waals surface area contributed by atoms with Crippen LogP contribution in [-0.4, -0.2) is 14.8 Å². The molecule has 3 N–H and O–H groups in total. The van der Waals surface area contributed by atoms with Crippen LogP contribution in [0.1, 0.15) is 11.1 Å². The summed E-state index contributed by atoms with van der Waals surface area (Å²) in [6, 6.07) is 5.85. The molecule has 2 aromatic rings. The fraction of sp³-hybridized carbons (Fsp3) is 0.273. The Kier molecular flexibility index (Phi) is 3.23. The van der Waals surface area contributed by atoms with Crippen LogP contribution in [0.5, 0.6) is 0 Å². The summed E-state index contributed by atoms with van der Waals surface area (Å²) in [7, 11) is 1.69. The Morgan fingerprint density at radius 3 is 2.94 bits per heavy atom. The molecule has 1 aromatic carbocycles. The molecule has 0 aliphatic rings. The minimum absolute atomic E-state index is 0.197. The van der Waals surface area contributed by atoms with Crippen LogP contribution in [0.4, 0.5) is 5.69 Å². The number of thioether (sulfide) groups is 1. The number of nitrogens with one attached hydrogen (secondary N) is 1. The van der Waals surface area contributed by atoms with E-state index in [-0.39, 0.29) is 5.69 Å². The standard InChI is InChI=1S/C11H14N4OS/c1-7-8(4-3-5-9(7)12)6-17-11-14-13-10(16)15(11)2/h3-5H,6,12H2,1-2H3,(H,13,16). The van der Waals surface area contributed by atoms with Gasteiger partial charge in [-0.1, -0.05) is 23.9 Å². The minimum atomic E-state index is -0.197. The van der Waals surface area contributed by atoms with Gasteiger partial charge in [-0.15, -0.1) is 5.10 Å². The lowest BCUT2D eigenvalue weighted by Crippen LogP contribution is -2.12. The van der Waals surface area contributed by atoms with Gasteiger partial charge in [0.05, 0.1) is 0 Å². The summed E-state index contributed by atoms with van der Waals surface area (Å²) in [5, 5.41) is 7.03. The van der Waals surface area contributed by atoms with Gasteiger partial charge in [-0.3, -0.25) is 4.57 Å². The van der Waals surface area contributed by atoms with Crippen molar-refractivity contribution >= 4 is 17.4 Å². The van der Waals surface area contributed by atoms with Crippen LogP contribution in [0.3, 0.4) is 0 Å². The van der Waals surface area contributed by atoms with Crippen molar-refractivity contribution < 1.29 is 0 Å². The molecule has 1 aromatic heterocycles. The van der Waals surface area contributed by atoms with Crippen molar-refractivity contribution in [1.82, 2.24) is 14.8 Å². The zero-order valence-corrected chi connectivity index (χ0v) is 10.5. The topological polar surface area (TPSA) is 76.7 Å². The van der Waals surface area contributed by atoms with Gasteiger partial charge < -0.3 is 5.73 Å². The van der Waals surface area contributed by atoms with E-state index < -0.39 is 0 Å². The lowest BCUT2D eigenvalue weighted by atomic mass is 10.1. The first-order valence-corrected chi connectivity index (χ1v) is 6.16. The number of aromatic amines is 1. The van der Waals surface area contributed by atoms with Gasteiger partial charge in [0.15, 0.2) is 5.16 Å². The molecule has 0 aliphatic carbocycles. The molecule has 0 fully saturated rings. The van der Waals surface area contributed by atoms with Crippen LogP contribution < -0.4 is 11.4 Å². The van der Waals surface area contributed by atoms with Gasteiger partial charge >= 0.3 is 5.69 Å². The van der Waals surface area contributed by atoms with E-state index in [9.17, 15) is 4.79 Å². The SMILES string of the molecule is Cc1c(N)cccc1CSc1n[nH]c(=O)n1C. The highest BCUT2D eigenvalue weighted by Gasteiger charge is 2.07. The average molecular weight is 250 g/mol. The van der Waals surface area contributed by atoms with E-state index in [1.54, 1.807) is 7.05 Å². The monoisotopic (exact) mass is 250 g/mol. The number of nitrogens with two attached hydrogens (primary N) is 1. The van der Waals surface area contributed by atoms with Crippen molar-refractivity contribution in [2.45, 2.75) is 17.8 Å². The van der Waals surface area contributed by atoms with Gasteiger partial charge in [-0.25, -0.2) is 9.89 Å². The quantitative estimate of drug-likeness (QED) is 0.635. The Balaban J connectivity index is 2.15. The summed E-state index contributed by atoms with van der Waals surface area (Å²) in [5.74, 6) is 0.745. The number of nitrogen functional groups attached to an aromatic ring is 1. The number of nitrogens with zero attached hydrogens (tertiary/aromatic N) is 2. The second-order valence-corrected chi connectivity index (χ2v) is 4.73. The Morgan fingerprint density at radius 1 is 1.53 bits per heavy atom. The second-order valence-electron chi connectivity index (χ2n) is 3.79. The molecule has 6 heteroatoms. The van der Waals surface area contributed by atoms with Crippen LogP contribution in [0.15, 0.2) is 28.2 Å². The first kappa shape index (κ1) is 11.8. The molecule has 1 heterocycles. The summed E-state index contributed by atoms with van der Waals surface area (Å²) < 4.78 is 1.49. The minimum Gasteiger partial charge on any atom is -0.399 e. The van der Waals surface area contributed by atoms with E-state index in [2.05, 4.69) is 10.2 Å². The molecule has 17 heavy (non-hydrogen) atoms. The van der Waals surface area contributed by atoms with Crippen LogP contribution in [0.2, 0.25) is 0 Å². The lowest BCUT2D eigenvalue weighted by Gasteiger charge is -2.07. The van der Waals surface area contributed by atoms with E-state index in [0.29, 0.717) is 5.16 Å². The summed E-state index contributed by atoms with van der Waals surface area (Å²) >= 11 is 1.51. The molecule has 0 spiro atoms. The highest BCUT2D eigenvalue weighted by atomic mass is 32.2. The van der Waals surface area contributed by atoms with E-state index >= 15 is 0 Å². The number of aromatic nitrogens is 3. The predicted octanol–water partition coefficient (Wildman–Crippen LogP) is 1.29. The van der Waals surface area contributed by atoms with Crippen molar-refractivity contribution in [3.63, 3.8) is 0 Å². The predicted molar refractivity (Wildman–Crippen MR) is 69.0 cm³/mol. The summed E-state index contributed by atoms with van der Waals surface area (Å²) in [6.07, 6.45) is 0. The molecule has 0 aliphatic heterocycles. The molecule has 0 saturated carbocycles. The zero-order valence-electron chi connectivity index (χ0n) is 9.73. The summed E-state index contributed by atoms with van der Waals surface area (Å²) in [5.41, 5.74) is 8.67. The van der Waals surface area contributed by atoms with E-state index in [1.807, 2.05) is 25.1 Å². The molecule has 0 radical (unpaired) electrons. The normalized spacial score (nSPS) is 10.7. The molecule has 90 valence electrons. The highest BCUT2D eigenvalue weighted by molar-refractivity contribution is 7.98. The average Bonchev–Trinajstić information content (AvgIpc) is 2.62.